The highest BCUT2D eigenvalue weighted by Gasteiger charge is 2.09. The summed E-state index contributed by atoms with van der Waals surface area (Å²) in [6.07, 6.45) is 4.95. The average molecular weight is 361 g/mol. The molecule has 0 fully saturated rings. The highest BCUT2D eigenvalue weighted by Crippen LogP contribution is 2.25. The van der Waals surface area contributed by atoms with Crippen LogP contribution in [0.1, 0.15) is 11.1 Å². The minimum Gasteiger partial charge on any atom is -0.483 e. The molecule has 0 radical (unpaired) electrons. The molecule has 0 bridgehead atoms. The molecule has 0 saturated carbocycles. The lowest BCUT2D eigenvalue weighted by atomic mass is 10.0. The van der Waals surface area contributed by atoms with Crippen LogP contribution >= 0.6 is 0 Å². The summed E-state index contributed by atoms with van der Waals surface area (Å²) in [5, 5.41) is 12.0. The van der Waals surface area contributed by atoms with E-state index >= 15 is 0 Å². The van der Waals surface area contributed by atoms with Gasteiger partial charge in [0.25, 0.3) is 6.47 Å². The minimum atomic E-state index is -3.04. The van der Waals surface area contributed by atoms with Gasteiger partial charge in [0.05, 0.1) is 23.2 Å². The van der Waals surface area contributed by atoms with Crippen molar-refractivity contribution in [3.8, 4) is 11.3 Å². The van der Waals surface area contributed by atoms with E-state index in [-0.39, 0.29) is 12.2 Å². The van der Waals surface area contributed by atoms with Crippen LogP contribution in [0.15, 0.2) is 36.7 Å². The van der Waals surface area contributed by atoms with Crippen molar-refractivity contribution >= 4 is 27.2 Å². The molecule has 25 heavy (non-hydrogen) atoms. The number of benzene rings is 1. The normalized spacial score (nSPS) is 11.0. The van der Waals surface area contributed by atoms with E-state index < -0.39 is 9.84 Å². The van der Waals surface area contributed by atoms with Gasteiger partial charge >= 0.3 is 0 Å². The number of hydrogen-bond acceptors (Lipinski definition) is 5. The molecule has 0 spiro atoms. The first-order valence-electron chi connectivity index (χ1n) is 7.38. The zero-order valence-corrected chi connectivity index (χ0v) is 15.0. The quantitative estimate of drug-likeness (QED) is 0.718. The second-order valence-corrected chi connectivity index (χ2v) is 7.89. The number of carbonyl (C=O) groups is 1. The Balaban J connectivity index is 0.000000701. The van der Waals surface area contributed by atoms with Crippen LogP contribution in [-0.2, 0) is 27.4 Å². The van der Waals surface area contributed by atoms with Gasteiger partial charge in [0.1, 0.15) is 0 Å². The van der Waals surface area contributed by atoms with E-state index in [0.717, 1.165) is 33.3 Å². The fraction of sp³-hybridized carbons (Fsp3) is 0.235. The van der Waals surface area contributed by atoms with Gasteiger partial charge in [-0.3, -0.25) is 9.48 Å². The lowest BCUT2D eigenvalue weighted by Crippen LogP contribution is -2.01. The SMILES string of the molecule is Cc1cc(-c2cnn(C)c2)nc2ccc(CS(C)(=O)=O)cc12.O=CO. The van der Waals surface area contributed by atoms with E-state index in [1.165, 1.54) is 6.26 Å². The maximum atomic E-state index is 11.4. The van der Waals surface area contributed by atoms with Gasteiger partial charge in [-0.2, -0.15) is 5.10 Å². The number of carboxylic acid groups (broad SMARTS) is 1. The second kappa shape index (κ2) is 7.43. The molecule has 0 atom stereocenters. The summed E-state index contributed by atoms with van der Waals surface area (Å²) < 4.78 is 24.6. The molecule has 2 heterocycles. The first-order valence-corrected chi connectivity index (χ1v) is 9.44. The molecule has 2 aromatic heterocycles. The number of sulfone groups is 1. The lowest BCUT2D eigenvalue weighted by molar-refractivity contribution is -0.122. The average Bonchev–Trinajstić information content (AvgIpc) is 2.93. The molecular weight excluding hydrogens is 342 g/mol. The summed E-state index contributed by atoms with van der Waals surface area (Å²) in [5.41, 5.74) is 4.55. The molecule has 0 amide bonds. The van der Waals surface area contributed by atoms with Crippen LogP contribution in [0.4, 0.5) is 0 Å². The topological polar surface area (TPSA) is 102 Å². The monoisotopic (exact) mass is 361 g/mol. The van der Waals surface area contributed by atoms with Gasteiger partial charge in [-0.05, 0) is 36.2 Å². The lowest BCUT2D eigenvalue weighted by Gasteiger charge is -2.07. The molecule has 8 heteroatoms. The number of rotatable bonds is 3. The van der Waals surface area contributed by atoms with Crippen molar-refractivity contribution in [2.45, 2.75) is 12.7 Å². The maximum Gasteiger partial charge on any atom is 0.290 e. The van der Waals surface area contributed by atoms with Crippen LogP contribution in [0.25, 0.3) is 22.2 Å². The molecular formula is C17H19N3O4S. The number of pyridine rings is 1. The summed E-state index contributed by atoms with van der Waals surface area (Å²) >= 11 is 0. The van der Waals surface area contributed by atoms with Crippen molar-refractivity contribution in [1.29, 1.82) is 0 Å². The predicted octanol–water partition coefficient (Wildman–Crippen LogP) is 2.19. The zero-order chi connectivity index (χ0) is 18.6. The minimum absolute atomic E-state index is 0.0483. The highest BCUT2D eigenvalue weighted by molar-refractivity contribution is 7.89. The Kier molecular flexibility index (Phi) is 5.53. The Morgan fingerprint density at radius 1 is 1.28 bits per heavy atom. The van der Waals surface area contributed by atoms with Crippen molar-refractivity contribution < 1.29 is 18.3 Å². The number of fused-ring (bicyclic) bond motifs is 1. The van der Waals surface area contributed by atoms with Crippen LogP contribution in [0.2, 0.25) is 0 Å². The molecule has 0 unspecified atom stereocenters. The number of aryl methyl sites for hydroxylation is 2. The van der Waals surface area contributed by atoms with Gasteiger partial charge in [0.2, 0.25) is 0 Å². The Morgan fingerprint density at radius 3 is 2.52 bits per heavy atom. The smallest absolute Gasteiger partial charge is 0.290 e. The highest BCUT2D eigenvalue weighted by atomic mass is 32.2. The third-order valence-electron chi connectivity index (χ3n) is 3.51. The van der Waals surface area contributed by atoms with Gasteiger partial charge in [0, 0.05) is 30.4 Å². The molecule has 1 aromatic carbocycles. The van der Waals surface area contributed by atoms with Crippen LogP contribution < -0.4 is 0 Å². The van der Waals surface area contributed by atoms with E-state index in [2.05, 4.69) is 10.1 Å². The molecule has 132 valence electrons. The van der Waals surface area contributed by atoms with Crippen molar-refractivity contribution in [3.63, 3.8) is 0 Å². The van der Waals surface area contributed by atoms with E-state index in [4.69, 9.17) is 9.90 Å². The first-order chi connectivity index (χ1) is 11.7. The number of aromatic nitrogens is 3. The molecule has 0 aliphatic rings. The van der Waals surface area contributed by atoms with E-state index in [1.54, 1.807) is 10.9 Å². The summed E-state index contributed by atoms with van der Waals surface area (Å²) in [6.45, 7) is 1.76. The summed E-state index contributed by atoms with van der Waals surface area (Å²) in [4.78, 5) is 13.0. The Labute approximate surface area is 145 Å². The van der Waals surface area contributed by atoms with Crippen LogP contribution in [-0.4, -0.2) is 41.0 Å². The van der Waals surface area contributed by atoms with Gasteiger partial charge in [-0.25, -0.2) is 13.4 Å². The van der Waals surface area contributed by atoms with E-state index in [0.29, 0.717) is 0 Å². The fourth-order valence-corrected chi connectivity index (χ4v) is 3.32. The van der Waals surface area contributed by atoms with Crippen LogP contribution in [0.3, 0.4) is 0 Å². The largest absolute Gasteiger partial charge is 0.483 e. The molecule has 0 aliphatic carbocycles. The van der Waals surface area contributed by atoms with Crippen molar-refractivity contribution in [1.82, 2.24) is 14.8 Å². The molecule has 3 aromatic rings. The summed E-state index contributed by atoms with van der Waals surface area (Å²) in [6, 6.07) is 7.61. The van der Waals surface area contributed by atoms with Crippen LogP contribution in [0.5, 0.6) is 0 Å². The molecule has 0 aliphatic heterocycles. The van der Waals surface area contributed by atoms with E-state index in [9.17, 15) is 8.42 Å². The van der Waals surface area contributed by atoms with E-state index in [1.807, 2.05) is 44.4 Å². The summed E-state index contributed by atoms with van der Waals surface area (Å²) in [7, 11) is -1.17. The predicted molar refractivity (Wildman–Crippen MR) is 95.9 cm³/mol. The van der Waals surface area contributed by atoms with Gasteiger partial charge in [0.15, 0.2) is 9.84 Å². The van der Waals surface area contributed by atoms with Gasteiger partial charge in [-0.1, -0.05) is 6.07 Å². The van der Waals surface area contributed by atoms with Crippen molar-refractivity contribution in [2.75, 3.05) is 6.26 Å². The molecule has 7 nitrogen and oxygen atoms in total. The Hall–Kier alpha value is -2.74. The Morgan fingerprint density at radius 2 is 1.96 bits per heavy atom. The first kappa shape index (κ1) is 18.6. The molecule has 1 N–H and O–H groups in total. The third-order valence-corrected chi connectivity index (χ3v) is 4.37. The molecule has 0 saturated heterocycles. The fourth-order valence-electron chi connectivity index (χ4n) is 2.54. The van der Waals surface area contributed by atoms with Crippen molar-refractivity contribution in [3.05, 3.63) is 47.8 Å². The van der Waals surface area contributed by atoms with Gasteiger partial charge < -0.3 is 5.11 Å². The maximum absolute atomic E-state index is 11.4. The molecule has 3 rings (SSSR count). The third kappa shape index (κ3) is 4.87. The van der Waals surface area contributed by atoms with Crippen molar-refractivity contribution in [2.24, 2.45) is 7.05 Å². The Bertz CT molecular complexity index is 1010. The van der Waals surface area contributed by atoms with Crippen LogP contribution in [0, 0.1) is 6.92 Å². The number of nitrogens with zero attached hydrogens (tertiary/aromatic N) is 3. The van der Waals surface area contributed by atoms with Gasteiger partial charge in [-0.15, -0.1) is 0 Å². The number of hydrogen-bond donors (Lipinski definition) is 1. The second-order valence-electron chi connectivity index (χ2n) is 5.75. The summed E-state index contributed by atoms with van der Waals surface area (Å²) in [5.74, 6) is 0.0483. The standard InChI is InChI=1S/C16H17N3O2S.CH2O2/c1-11-6-16(13-8-17-19(2)9-13)18-15-5-4-12(7-14(11)15)10-22(3,20)21;2-1-3/h4-9H,10H2,1-3H3;1H,(H,2,3). The zero-order valence-electron chi connectivity index (χ0n) is 14.2.